The number of carboxylic acid groups (broad SMARTS) is 1. The zero-order chi connectivity index (χ0) is 10.6. The summed E-state index contributed by atoms with van der Waals surface area (Å²) in [7, 11) is 0. The van der Waals surface area contributed by atoms with Crippen molar-refractivity contribution in [2.75, 3.05) is 5.75 Å². The van der Waals surface area contributed by atoms with Gasteiger partial charge in [0.15, 0.2) is 5.69 Å². The van der Waals surface area contributed by atoms with Crippen LogP contribution in [0.3, 0.4) is 0 Å². The largest absolute Gasteiger partial charge is 0.476 e. The predicted molar refractivity (Wildman–Crippen MR) is 51.5 cm³/mol. The van der Waals surface area contributed by atoms with Gasteiger partial charge >= 0.3 is 5.97 Å². The first-order chi connectivity index (χ1) is 6.65. The minimum atomic E-state index is -1.19. The SMILES string of the molecule is CCSC(=O)c1cncc(C(=O)O)n1. The van der Waals surface area contributed by atoms with Crippen molar-refractivity contribution in [1.29, 1.82) is 0 Å². The minimum absolute atomic E-state index is 0.0803. The van der Waals surface area contributed by atoms with E-state index in [9.17, 15) is 9.59 Å². The third kappa shape index (κ3) is 2.53. The summed E-state index contributed by atoms with van der Waals surface area (Å²) in [5.41, 5.74) is -0.135. The number of carboxylic acids is 1. The monoisotopic (exact) mass is 212 g/mol. The maximum atomic E-state index is 11.3. The highest BCUT2D eigenvalue weighted by Gasteiger charge is 2.11. The Morgan fingerprint density at radius 3 is 2.64 bits per heavy atom. The summed E-state index contributed by atoms with van der Waals surface area (Å²) in [4.78, 5) is 29.1. The van der Waals surface area contributed by atoms with E-state index in [0.29, 0.717) is 5.75 Å². The Morgan fingerprint density at radius 1 is 1.43 bits per heavy atom. The van der Waals surface area contributed by atoms with Gasteiger partial charge in [-0.1, -0.05) is 18.7 Å². The molecule has 0 aromatic carbocycles. The summed E-state index contributed by atoms with van der Waals surface area (Å²) >= 11 is 1.07. The molecule has 1 heterocycles. The van der Waals surface area contributed by atoms with Gasteiger partial charge in [-0.15, -0.1) is 0 Å². The highest BCUT2D eigenvalue weighted by atomic mass is 32.2. The van der Waals surface area contributed by atoms with Crippen molar-refractivity contribution >= 4 is 22.8 Å². The van der Waals surface area contributed by atoms with Gasteiger partial charge in [0, 0.05) is 0 Å². The Kier molecular flexibility index (Phi) is 3.58. The fourth-order valence-corrected chi connectivity index (χ4v) is 1.28. The molecule has 1 aromatic rings. The maximum absolute atomic E-state index is 11.3. The number of hydrogen-bond acceptors (Lipinski definition) is 5. The summed E-state index contributed by atoms with van der Waals surface area (Å²) in [5.74, 6) is -0.564. The summed E-state index contributed by atoms with van der Waals surface area (Å²) in [6.45, 7) is 1.83. The van der Waals surface area contributed by atoms with Crippen molar-refractivity contribution in [1.82, 2.24) is 9.97 Å². The molecule has 1 N–H and O–H groups in total. The van der Waals surface area contributed by atoms with Gasteiger partial charge in [0.25, 0.3) is 0 Å². The van der Waals surface area contributed by atoms with Gasteiger partial charge in [0.1, 0.15) is 5.69 Å². The summed E-state index contributed by atoms with van der Waals surface area (Å²) in [6.07, 6.45) is 2.37. The molecule has 0 aliphatic rings. The van der Waals surface area contributed by atoms with E-state index in [1.807, 2.05) is 6.92 Å². The highest BCUT2D eigenvalue weighted by molar-refractivity contribution is 8.14. The van der Waals surface area contributed by atoms with E-state index < -0.39 is 5.97 Å². The lowest BCUT2D eigenvalue weighted by molar-refractivity contribution is 0.0690. The molecule has 0 aliphatic carbocycles. The number of aromatic nitrogens is 2. The molecule has 6 heteroatoms. The number of rotatable bonds is 3. The van der Waals surface area contributed by atoms with Crippen molar-refractivity contribution in [2.24, 2.45) is 0 Å². The lowest BCUT2D eigenvalue weighted by atomic mass is 10.4. The summed E-state index contributed by atoms with van der Waals surface area (Å²) in [5, 5.41) is 8.34. The molecule has 1 aromatic heterocycles. The molecule has 0 saturated heterocycles. The molecule has 0 aliphatic heterocycles. The van der Waals surface area contributed by atoms with Crippen LogP contribution in [0.25, 0.3) is 0 Å². The fraction of sp³-hybridized carbons (Fsp3) is 0.250. The summed E-state index contributed by atoms with van der Waals surface area (Å²) < 4.78 is 0. The second-order valence-electron chi connectivity index (χ2n) is 2.32. The average Bonchev–Trinajstić information content (AvgIpc) is 2.18. The number of carbonyl (C=O) groups is 2. The van der Waals surface area contributed by atoms with E-state index >= 15 is 0 Å². The lowest BCUT2D eigenvalue weighted by Gasteiger charge is -1.98. The van der Waals surface area contributed by atoms with Crippen molar-refractivity contribution in [3.05, 3.63) is 23.8 Å². The first-order valence-electron chi connectivity index (χ1n) is 3.87. The van der Waals surface area contributed by atoms with Gasteiger partial charge in [-0.25, -0.2) is 9.78 Å². The van der Waals surface area contributed by atoms with E-state index in [4.69, 9.17) is 5.11 Å². The zero-order valence-corrected chi connectivity index (χ0v) is 8.24. The Bertz CT molecular complexity index is 367. The van der Waals surface area contributed by atoms with Crippen LogP contribution < -0.4 is 0 Å². The molecule has 74 valence electrons. The predicted octanol–water partition coefficient (Wildman–Crippen LogP) is 1.07. The number of thioether (sulfide) groups is 1. The third-order valence-corrected chi connectivity index (χ3v) is 2.10. The molecule has 0 amide bonds. The fourth-order valence-electron chi connectivity index (χ4n) is 0.772. The van der Waals surface area contributed by atoms with E-state index in [-0.39, 0.29) is 16.5 Å². The van der Waals surface area contributed by atoms with Crippen LogP contribution in [0.2, 0.25) is 0 Å². The summed E-state index contributed by atoms with van der Waals surface area (Å²) in [6, 6.07) is 0. The molecule has 0 atom stereocenters. The van der Waals surface area contributed by atoms with E-state index in [1.165, 1.54) is 6.20 Å². The van der Waals surface area contributed by atoms with Crippen LogP contribution in [-0.2, 0) is 0 Å². The number of aromatic carboxylic acids is 1. The number of hydrogen-bond donors (Lipinski definition) is 1. The molecule has 14 heavy (non-hydrogen) atoms. The maximum Gasteiger partial charge on any atom is 0.356 e. The second kappa shape index (κ2) is 4.71. The Balaban J connectivity index is 2.93. The van der Waals surface area contributed by atoms with Crippen molar-refractivity contribution in [3.8, 4) is 0 Å². The van der Waals surface area contributed by atoms with Crippen molar-refractivity contribution in [3.63, 3.8) is 0 Å². The quantitative estimate of drug-likeness (QED) is 0.807. The topological polar surface area (TPSA) is 80.2 Å². The molecule has 0 fully saturated rings. The van der Waals surface area contributed by atoms with Gasteiger partial charge in [-0.3, -0.25) is 9.78 Å². The van der Waals surface area contributed by atoms with Gasteiger partial charge in [0.2, 0.25) is 5.12 Å². The molecular weight excluding hydrogens is 204 g/mol. The molecule has 0 unspecified atom stereocenters. The van der Waals surface area contributed by atoms with Crippen molar-refractivity contribution < 1.29 is 14.7 Å². The van der Waals surface area contributed by atoms with E-state index in [2.05, 4.69) is 9.97 Å². The molecular formula is C8H8N2O3S. The molecule has 0 saturated carbocycles. The Labute approximate surface area is 84.6 Å². The lowest BCUT2D eigenvalue weighted by Crippen LogP contribution is -2.06. The average molecular weight is 212 g/mol. The van der Waals surface area contributed by atoms with Gasteiger partial charge < -0.3 is 5.11 Å². The van der Waals surface area contributed by atoms with Crippen molar-refractivity contribution in [2.45, 2.75) is 6.92 Å². The molecule has 1 rings (SSSR count). The Morgan fingerprint density at radius 2 is 2.07 bits per heavy atom. The van der Waals surface area contributed by atoms with E-state index in [1.54, 1.807) is 0 Å². The van der Waals surface area contributed by atoms with Gasteiger partial charge in [-0.05, 0) is 5.75 Å². The standard InChI is InChI=1S/C8H8N2O3S/c1-2-14-8(13)6-4-9-3-5(10-6)7(11)12/h3-4H,2H2,1H3,(H,11,12). The molecule has 0 radical (unpaired) electrons. The van der Waals surface area contributed by atoms with Crippen LogP contribution in [0.1, 0.15) is 27.9 Å². The molecule has 5 nitrogen and oxygen atoms in total. The van der Waals surface area contributed by atoms with Crippen LogP contribution in [0.5, 0.6) is 0 Å². The number of carbonyl (C=O) groups excluding carboxylic acids is 1. The molecule has 0 bridgehead atoms. The molecule has 0 spiro atoms. The van der Waals surface area contributed by atoms with Gasteiger partial charge in [-0.2, -0.15) is 0 Å². The van der Waals surface area contributed by atoms with E-state index in [0.717, 1.165) is 18.0 Å². The van der Waals surface area contributed by atoms with Crippen LogP contribution in [-0.4, -0.2) is 31.9 Å². The van der Waals surface area contributed by atoms with Crippen LogP contribution in [0.15, 0.2) is 12.4 Å². The first kappa shape index (κ1) is 10.6. The van der Waals surface area contributed by atoms with Crippen LogP contribution in [0.4, 0.5) is 0 Å². The second-order valence-corrected chi connectivity index (χ2v) is 3.55. The number of nitrogens with zero attached hydrogens (tertiary/aromatic N) is 2. The first-order valence-corrected chi connectivity index (χ1v) is 4.86. The highest BCUT2D eigenvalue weighted by Crippen LogP contribution is 2.09. The van der Waals surface area contributed by atoms with Gasteiger partial charge in [0.05, 0.1) is 12.4 Å². The van der Waals surface area contributed by atoms with Crippen LogP contribution in [0, 0.1) is 0 Å². The smallest absolute Gasteiger partial charge is 0.356 e. The zero-order valence-electron chi connectivity index (χ0n) is 7.43. The third-order valence-electron chi connectivity index (χ3n) is 1.34. The minimum Gasteiger partial charge on any atom is -0.476 e. The normalized spacial score (nSPS) is 9.79. The van der Waals surface area contributed by atoms with Crippen LogP contribution >= 0.6 is 11.8 Å². The Hall–Kier alpha value is -1.43.